The quantitative estimate of drug-likeness (QED) is 0.748. The second-order valence-corrected chi connectivity index (χ2v) is 5.89. The van der Waals surface area contributed by atoms with E-state index in [0.717, 1.165) is 16.8 Å². The van der Waals surface area contributed by atoms with Crippen molar-refractivity contribution < 1.29 is 19.1 Å². The van der Waals surface area contributed by atoms with Gasteiger partial charge in [-0.1, -0.05) is 36.4 Å². The number of hydrogen-bond acceptors (Lipinski definition) is 4. The molecular weight excluding hydrogens is 332 g/mol. The molecule has 0 saturated carbocycles. The van der Waals surface area contributed by atoms with Crippen LogP contribution in [0, 0.1) is 13.8 Å². The molecule has 26 heavy (non-hydrogen) atoms. The molecule has 2 aromatic carbocycles. The summed E-state index contributed by atoms with van der Waals surface area (Å²) < 4.78 is 4.93. The minimum absolute atomic E-state index is 0.00769. The van der Waals surface area contributed by atoms with Gasteiger partial charge in [0.2, 0.25) is 5.91 Å². The zero-order valence-corrected chi connectivity index (χ0v) is 14.9. The number of carbonyl (C=O) groups excluding carboxylic acids is 3. The maximum Gasteiger partial charge on any atom is 0.306 e. The molecule has 2 aromatic rings. The first kappa shape index (κ1) is 19.2. The molecule has 0 unspecified atom stereocenters. The average molecular weight is 354 g/mol. The van der Waals surface area contributed by atoms with Gasteiger partial charge in [-0.2, -0.15) is 0 Å². The molecule has 0 aliphatic heterocycles. The third-order valence-electron chi connectivity index (χ3n) is 3.72. The molecule has 0 saturated heterocycles. The van der Waals surface area contributed by atoms with Gasteiger partial charge in [0.15, 0.2) is 6.61 Å². The van der Waals surface area contributed by atoms with Crippen molar-refractivity contribution in [2.45, 2.75) is 26.7 Å². The Labute approximate surface area is 152 Å². The van der Waals surface area contributed by atoms with Crippen LogP contribution in [0.25, 0.3) is 0 Å². The van der Waals surface area contributed by atoms with Gasteiger partial charge in [-0.25, -0.2) is 0 Å². The van der Waals surface area contributed by atoms with Crippen molar-refractivity contribution in [2.75, 3.05) is 17.2 Å². The zero-order chi connectivity index (χ0) is 18.9. The fourth-order valence-electron chi connectivity index (χ4n) is 2.37. The molecule has 0 heterocycles. The molecule has 0 aliphatic rings. The number of aryl methyl sites for hydroxylation is 2. The molecule has 6 heteroatoms. The Bertz CT molecular complexity index is 767. The summed E-state index contributed by atoms with van der Waals surface area (Å²) >= 11 is 0. The SMILES string of the molecule is Cc1cccc(C)c1NC(=O)COC(=O)CCC(=O)Nc1ccccc1. The Hall–Kier alpha value is -3.15. The predicted molar refractivity (Wildman–Crippen MR) is 99.8 cm³/mol. The molecule has 136 valence electrons. The Morgan fingerprint density at radius 2 is 1.46 bits per heavy atom. The van der Waals surface area contributed by atoms with Gasteiger partial charge in [0.05, 0.1) is 6.42 Å². The number of carbonyl (C=O) groups is 3. The smallest absolute Gasteiger partial charge is 0.306 e. The molecule has 0 aliphatic carbocycles. The normalized spacial score (nSPS) is 10.1. The van der Waals surface area contributed by atoms with E-state index in [1.54, 1.807) is 24.3 Å². The highest BCUT2D eigenvalue weighted by molar-refractivity contribution is 5.95. The summed E-state index contributed by atoms with van der Waals surface area (Å²) in [5.74, 6) is -1.29. The monoisotopic (exact) mass is 354 g/mol. The lowest BCUT2D eigenvalue weighted by Gasteiger charge is -2.11. The van der Waals surface area contributed by atoms with Crippen LogP contribution in [0.4, 0.5) is 11.4 Å². The van der Waals surface area contributed by atoms with Gasteiger partial charge >= 0.3 is 5.97 Å². The number of esters is 1. The number of ether oxygens (including phenoxy) is 1. The number of hydrogen-bond donors (Lipinski definition) is 2. The van der Waals surface area contributed by atoms with Crippen molar-refractivity contribution in [2.24, 2.45) is 0 Å². The first-order chi connectivity index (χ1) is 12.5. The predicted octanol–water partition coefficient (Wildman–Crippen LogP) is 3.20. The number of nitrogens with one attached hydrogen (secondary N) is 2. The van der Waals surface area contributed by atoms with Crippen LogP contribution in [0.2, 0.25) is 0 Å². The zero-order valence-electron chi connectivity index (χ0n) is 14.9. The van der Waals surface area contributed by atoms with Crippen molar-refractivity contribution in [3.05, 3.63) is 59.7 Å². The molecule has 2 rings (SSSR count). The number of rotatable bonds is 7. The van der Waals surface area contributed by atoms with E-state index in [9.17, 15) is 14.4 Å². The van der Waals surface area contributed by atoms with Gasteiger partial charge in [-0.3, -0.25) is 14.4 Å². The lowest BCUT2D eigenvalue weighted by molar-refractivity contribution is -0.147. The van der Waals surface area contributed by atoms with E-state index < -0.39 is 11.9 Å². The van der Waals surface area contributed by atoms with E-state index >= 15 is 0 Å². The molecule has 2 N–H and O–H groups in total. The van der Waals surface area contributed by atoms with Crippen LogP contribution >= 0.6 is 0 Å². The van der Waals surface area contributed by atoms with Gasteiger partial charge < -0.3 is 15.4 Å². The van der Waals surface area contributed by atoms with Crippen molar-refractivity contribution in [1.82, 2.24) is 0 Å². The third kappa shape index (κ3) is 6.05. The Kier molecular flexibility index (Phi) is 6.91. The van der Waals surface area contributed by atoms with Crippen LogP contribution in [0.5, 0.6) is 0 Å². The fourth-order valence-corrected chi connectivity index (χ4v) is 2.37. The maximum atomic E-state index is 11.9. The molecule has 0 radical (unpaired) electrons. The van der Waals surface area contributed by atoms with E-state index in [0.29, 0.717) is 5.69 Å². The molecule has 0 spiro atoms. The average Bonchev–Trinajstić information content (AvgIpc) is 2.62. The highest BCUT2D eigenvalue weighted by Crippen LogP contribution is 2.19. The van der Waals surface area contributed by atoms with Gasteiger partial charge in [0.1, 0.15) is 0 Å². The van der Waals surface area contributed by atoms with Crippen LogP contribution in [-0.4, -0.2) is 24.4 Å². The number of anilines is 2. The molecule has 2 amide bonds. The topological polar surface area (TPSA) is 84.5 Å². The van der Waals surface area contributed by atoms with Crippen molar-refractivity contribution in [1.29, 1.82) is 0 Å². The molecule has 6 nitrogen and oxygen atoms in total. The molecule has 0 aromatic heterocycles. The summed E-state index contributed by atoms with van der Waals surface area (Å²) in [5, 5.41) is 5.42. The summed E-state index contributed by atoms with van der Waals surface area (Å²) in [6.45, 7) is 3.40. The Balaban J connectivity index is 1.71. The van der Waals surface area contributed by atoms with Crippen LogP contribution < -0.4 is 10.6 Å². The second-order valence-electron chi connectivity index (χ2n) is 5.89. The highest BCUT2D eigenvalue weighted by Gasteiger charge is 2.12. The lowest BCUT2D eigenvalue weighted by atomic mass is 10.1. The standard InChI is InChI=1S/C20H22N2O4/c1-14-7-6-8-15(2)20(14)22-18(24)13-26-19(25)12-11-17(23)21-16-9-4-3-5-10-16/h3-10H,11-13H2,1-2H3,(H,21,23)(H,22,24). The van der Waals surface area contributed by atoms with Crippen molar-refractivity contribution >= 4 is 29.2 Å². The highest BCUT2D eigenvalue weighted by atomic mass is 16.5. The van der Waals surface area contributed by atoms with Crippen molar-refractivity contribution in [3.8, 4) is 0 Å². The summed E-state index contributed by atoms with van der Waals surface area (Å²) in [4.78, 5) is 35.4. The molecular formula is C20H22N2O4. The molecule has 0 fully saturated rings. The lowest BCUT2D eigenvalue weighted by Crippen LogP contribution is -2.22. The minimum Gasteiger partial charge on any atom is -0.456 e. The number of amides is 2. The van der Waals surface area contributed by atoms with Crippen molar-refractivity contribution in [3.63, 3.8) is 0 Å². The van der Waals surface area contributed by atoms with Crippen LogP contribution in [0.15, 0.2) is 48.5 Å². The van der Waals surface area contributed by atoms with E-state index in [4.69, 9.17) is 4.74 Å². The van der Waals surface area contributed by atoms with Gasteiger partial charge in [-0.05, 0) is 37.1 Å². The Morgan fingerprint density at radius 1 is 0.808 bits per heavy atom. The van der Waals surface area contributed by atoms with Crippen LogP contribution in [0.1, 0.15) is 24.0 Å². The van der Waals surface area contributed by atoms with E-state index in [-0.39, 0.29) is 25.4 Å². The summed E-state index contributed by atoms with van der Waals surface area (Å²) in [5.41, 5.74) is 3.25. The van der Waals surface area contributed by atoms with Gasteiger partial charge in [0.25, 0.3) is 5.91 Å². The van der Waals surface area contributed by atoms with E-state index in [2.05, 4.69) is 10.6 Å². The number of benzene rings is 2. The largest absolute Gasteiger partial charge is 0.456 e. The first-order valence-electron chi connectivity index (χ1n) is 8.32. The van der Waals surface area contributed by atoms with Crippen LogP contribution in [0.3, 0.4) is 0 Å². The fraction of sp³-hybridized carbons (Fsp3) is 0.250. The third-order valence-corrected chi connectivity index (χ3v) is 3.72. The van der Waals surface area contributed by atoms with E-state index in [1.165, 1.54) is 0 Å². The van der Waals surface area contributed by atoms with Gasteiger partial charge in [-0.15, -0.1) is 0 Å². The minimum atomic E-state index is -0.593. The summed E-state index contributed by atoms with van der Waals surface area (Å²) in [6.07, 6.45) is -0.0956. The second kappa shape index (κ2) is 9.36. The summed E-state index contributed by atoms with van der Waals surface area (Å²) in [6, 6.07) is 14.6. The van der Waals surface area contributed by atoms with Gasteiger partial charge in [0, 0.05) is 17.8 Å². The maximum absolute atomic E-state index is 11.9. The van der Waals surface area contributed by atoms with E-state index in [1.807, 2.05) is 38.1 Å². The molecule has 0 bridgehead atoms. The molecule has 0 atom stereocenters. The Morgan fingerprint density at radius 3 is 2.12 bits per heavy atom. The number of para-hydroxylation sites is 2. The first-order valence-corrected chi connectivity index (χ1v) is 8.32. The summed E-state index contributed by atoms with van der Waals surface area (Å²) in [7, 11) is 0. The van der Waals surface area contributed by atoms with Crippen LogP contribution in [-0.2, 0) is 19.1 Å².